The number of para-hydroxylation sites is 1. The fourth-order valence-corrected chi connectivity index (χ4v) is 3.26. The minimum absolute atomic E-state index is 0.147. The molecule has 4 heteroatoms. The number of benzene rings is 1. The maximum atomic E-state index is 12.7. The van der Waals surface area contributed by atoms with Gasteiger partial charge < -0.3 is 14.4 Å². The largest absolute Gasteiger partial charge is 0.496 e. The van der Waals surface area contributed by atoms with Crippen molar-refractivity contribution in [3.63, 3.8) is 0 Å². The summed E-state index contributed by atoms with van der Waals surface area (Å²) in [6.07, 6.45) is 3.83. The van der Waals surface area contributed by atoms with Crippen LogP contribution in [0.5, 0.6) is 5.75 Å². The van der Waals surface area contributed by atoms with Crippen LogP contribution in [0, 0.1) is 0 Å². The monoisotopic (exact) mass is 305 g/mol. The van der Waals surface area contributed by atoms with E-state index in [9.17, 15) is 4.79 Å². The van der Waals surface area contributed by atoms with Gasteiger partial charge in [-0.3, -0.25) is 4.79 Å². The van der Waals surface area contributed by atoms with E-state index >= 15 is 0 Å². The molecule has 1 heterocycles. The zero-order valence-electron chi connectivity index (χ0n) is 13.9. The lowest BCUT2D eigenvalue weighted by molar-refractivity contribution is -0.136. The Morgan fingerprint density at radius 3 is 2.82 bits per heavy atom. The van der Waals surface area contributed by atoms with Gasteiger partial charge in [0.25, 0.3) is 0 Å². The Morgan fingerprint density at radius 1 is 1.32 bits per heavy atom. The predicted molar refractivity (Wildman–Crippen MR) is 87.3 cm³/mol. The number of carbonyl (C=O) groups excluding carboxylic acids is 1. The molecular formula is C18H27NO3. The molecule has 0 aromatic heterocycles. The normalized spacial score (nSPS) is 19.8. The molecule has 0 spiro atoms. The van der Waals surface area contributed by atoms with Crippen molar-refractivity contribution in [2.45, 2.75) is 44.6 Å². The molecule has 1 fully saturated rings. The summed E-state index contributed by atoms with van der Waals surface area (Å²) in [6, 6.07) is 8.17. The molecule has 22 heavy (non-hydrogen) atoms. The van der Waals surface area contributed by atoms with Gasteiger partial charge in [0.1, 0.15) is 5.75 Å². The van der Waals surface area contributed by atoms with Crippen molar-refractivity contribution in [1.29, 1.82) is 0 Å². The van der Waals surface area contributed by atoms with Crippen molar-refractivity contribution in [3.8, 4) is 5.75 Å². The molecule has 1 aromatic rings. The number of hydrogen-bond donors (Lipinski definition) is 0. The number of hydrogen-bond acceptors (Lipinski definition) is 3. The summed E-state index contributed by atoms with van der Waals surface area (Å²) >= 11 is 0. The van der Waals surface area contributed by atoms with Crippen LogP contribution in [-0.4, -0.2) is 44.2 Å². The summed E-state index contributed by atoms with van der Waals surface area (Å²) in [7, 11) is 3.38. The van der Waals surface area contributed by atoms with Gasteiger partial charge in [0, 0.05) is 20.1 Å². The van der Waals surface area contributed by atoms with Gasteiger partial charge in [-0.25, -0.2) is 0 Å². The van der Waals surface area contributed by atoms with Crippen molar-refractivity contribution >= 4 is 5.91 Å². The van der Waals surface area contributed by atoms with Crippen LogP contribution in [0.4, 0.5) is 0 Å². The van der Waals surface area contributed by atoms with Gasteiger partial charge in [-0.2, -0.15) is 0 Å². The van der Waals surface area contributed by atoms with E-state index in [1.54, 1.807) is 14.2 Å². The Balaban J connectivity index is 2.03. The van der Waals surface area contributed by atoms with Gasteiger partial charge in [0.05, 0.1) is 19.8 Å². The highest BCUT2D eigenvalue weighted by Gasteiger charge is 2.28. The van der Waals surface area contributed by atoms with E-state index < -0.39 is 0 Å². The molecule has 0 bridgehead atoms. The quantitative estimate of drug-likeness (QED) is 0.810. The SMILES string of the molecule is COC[C@@H]1CCCCN1C(=O)C[C@@H](C)c1ccccc1OC. The Hall–Kier alpha value is -1.55. The molecule has 122 valence electrons. The number of rotatable bonds is 6. The number of amides is 1. The third-order valence-corrected chi connectivity index (χ3v) is 4.46. The number of nitrogens with zero attached hydrogens (tertiary/aromatic N) is 1. The van der Waals surface area contributed by atoms with E-state index in [2.05, 4.69) is 6.92 Å². The van der Waals surface area contributed by atoms with Gasteiger partial charge in [-0.1, -0.05) is 25.1 Å². The summed E-state index contributed by atoms with van der Waals surface area (Å²) in [6.45, 7) is 3.57. The van der Waals surface area contributed by atoms with Gasteiger partial charge >= 0.3 is 0 Å². The van der Waals surface area contributed by atoms with Gasteiger partial charge in [-0.15, -0.1) is 0 Å². The summed E-state index contributed by atoms with van der Waals surface area (Å²) < 4.78 is 10.7. The van der Waals surface area contributed by atoms with E-state index in [1.807, 2.05) is 29.2 Å². The molecule has 4 nitrogen and oxygen atoms in total. The molecule has 1 aliphatic rings. The highest BCUT2D eigenvalue weighted by atomic mass is 16.5. The van der Waals surface area contributed by atoms with Crippen LogP contribution in [0.2, 0.25) is 0 Å². The van der Waals surface area contributed by atoms with Crippen LogP contribution < -0.4 is 4.74 Å². The molecule has 0 radical (unpaired) electrons. The molecular weight excluding hydrogens is 278 g/mol. The van der Waals surface area contributed by atoms with Crippen molar-refractivity contribution in [2.24, 2.45) is 0 Å². The number of carbonyl (C=O) groups is 1. The van der Waals surface area contributed by atoms with Crippen LogP contribution >= 0.6 is 0 Å². The average molecular weight is 305 g/mol. The molecule has 0 unspecified atom stereocenters. The highest BCUT2D eigenvalue weighted by molar-refractivity contribution is 5.77. The van der Waals surface area contributed by atoms with Crippen LogP contribution in [0.25, 0.3) is 0 Å². The lowest BCUT2D eigenvalue weighted by atomic mass is 9.94. The average Bonchev–Trinajstić information content (AvgIpc) is 2.55. The minimum atomic E-state index is 0.147. The Labute approximate surface area is 133 Å². The van der Waals surface area contributed by atoms with Crippen LogP contribution in [0.15, 0.2) is 24.3 Å². The van der Waals surface area contributed by atoms with E-state index in [4.69, 9.17) is 9.47 Å². The van der Waals surface area contributed by atoms with Crippen molar-refractivity contribution in [2.75, 3.05) is 27.4 Å². The first-order valence-electron chi connectivity index (χ1n) is 8.08. The van der Waals surface area contributed by atoms with Crippen LogP contribution in [0.3, 0.4) is 0 Å². The third-order valence-electron chi connectivity index (χ3n) is 4.46. The van der Waals surface area contributed by atoms with Crippen molar-refractivity contribution in [1.82, 2.24) is 4.90 Å². The second-order valence-electron chi connectivity index (χ2n) is 6.04. The first-order chi connectivity index (χ1) is 10.7. The predicted octanol–water partition coefficient (Wildman–Crippen LogP) is 3.22. The smallest absolute Gasteiger partial charge is 0.223 e. The maximum Gasteiger partial charge on any atom is 0.223 e. The Bertz CT molecular complexity index is 487. The number of ether oxygens (including phenoxy) is 2. The second kappa shape index (κ2) is 8.18. The van der Waals surface area contributed by atoms with Gasteiger partial charge in [-0.05, 0) is 36.8 Å². The second-order valence-corrected chi connectivity index (χ2v) is 6.04. The first-order valence-corrected chi connectivity index (χ1v) is 8.08. The molecule has 0 aliphatic carbocycles. The summed E-state index contributed by atoms with van der Waals surface area (Å²) in [5.74, 6) is 1.23. The van der Waals surface area contributed by atoms with Gasteiger partial charge in [0.15, 0.2) is 0 Å². The lowest BCUT2D eigenvalue weighted by Gasteiger charge is -2.36. The molecule has 1 aromatic carbocycles. The summed E-state index contributed by atoms with van der Waals surface area (Å²) in [5.41, 5.74) is 1.10. The Kier molecular flexibility index (Phi) is 6.25. The highest BCUT2D eigenvalue weighted by Crippen LogP contribution is 2.30. The standard InChI is InChI=1S/C18H27NO3/c1-14(16-9-4-5-10-17(16)22-3)12-18(20)19-11-7-6-8-15(19)13-21-2/h4-5,9-10,14-15H,6-8,11-13H2,1-3H3/t14-,15+/m1/s1. The minimum Gasteiger partial charge on any atom is -0.496 e. The fourth-order valence-electron chi connectivity index (χ4n) is 3.26. The third kappa shape index (κ3) is 4.01. The van der Waals surface area contributed by atoms with Crippen molar-refractivity contribution in [3.05, 3.63) is 29.8 Å². The van der Waals surface area contributed by atoms with Gasteiger partial charge in [0.2, 0.25) is 5.91 Å². The Morgan fingerprint density at radius 2 is 2.09 bits per heavy atom. The van der Waals surface area contributed by atoms with E-state index in [-0.39, 0.29) is 17.9 Å². The first kappa shape index (κ1) is 16.8. The zero-order chi connectivity index (χ0) is 15.9. The van der Waals surface area contributed by atoms with Crippen LogP contribution in [-0.2, 0) is 9.53 Å². The topological polar surface area (TPSA) is 38.8 Å². The fraction of sp³-hybridized carbons (Fsp3) is 0.611. The number of likely N-dealkylation sites (tertiary alicyclic amines) is 1. The van der Waals surface area contributed by atoms with E-state index in [0.717, 1.165) is 30.7 Å². The van der Waals surface area contributed by atoms with E-state index in [0.29, 0.717) is 13.0 Å². The number of methoxy groups -OCH3 is 2. The number of piperidine rings is 1. The summed E-state index contributed by atoms with van der Waals surface area (Å²) in [5, 5.41) is 0. The zero-order valence-corrected chi connectivity index (χ0v) is 13.9. The lowest BCUT2D eigenvalue weighted by Crippen LogP contribution is -2.46. The molecule has 1 amide bonds. The van der Waals surface area contributed by atoms with Crippen LogP contribution in [0.1, 0.15) is 44.1 Å². The molecule has 0 N–H and O–H groups in total. The maximum absolute atomic E-state index is 12.7. The van der Waals surface area contributed by atoms with E-state index in [1.165, 1.54) is 6.42 Å². The molecule has 2 rings (SSSR count). The molecule has 1 aliphatic heterocycles. The summed E-state index contributed by atoms with van der Waals surface area (Å²) in [4.78, 5) is 14.7. The van der Waals surface area contributed by atoms with Crippen molar-refractivity contribution < 1.29 is 14.3 Å². The molecule has 1 saturated heterocycles. The molecule has 2 atom stereocenters. The molecule has 0 saturated carbocycles.